The molecule has 1 aromatic carbocycles. The van der Waals surface area contributed by atoms with Crippen molar-refractivity contribution in [2.45, 2.75) is 19.4 Å². The zero-order valence-corrected chi connectivity index (χ0v) is 13.5. The Hall–Kier alpha value is -1.17. The first-order valence-corrected chi connectivity index (χ1v) is 8.02. The largest absolute Gasteiger partial charge is 0.393 e. The van der Waals surface area contributed by atoms with Crippen LogP contribution in [0, 0.1) is 0 Å². The number of benzene rings is 1. The molecule has 21 heavy (non-hydrogen) atoms. The van der Waals surface area contributed by atoms with Crippen LogP contribution in [0.1, 0.15) is 13.3 Å². The summed E-state index contributed by atoms with van der Waals surface area (Å²) in [4.78, 5) is 5.32. The van der Waals surface area contributed by atoms with Gasteiger partial charge in [-0.1, -0.05) is 37.3 Å². The van der Waals surface area contributed by atoms with Crippen molar-refractivity contribution in [3.05, 3.63) is 30.3 Å². The number of ether oxygens (including phenoxy) is 1. The van der Waals surface area contributed by atoms with Crippen molar-refractivity contribution in [1.82, 2.24) is 4.90 Å². The van der Waals surface area contributed by atoms with E-state index in [0.717, 1.165) is 45.8 Å². The third kappa shape index (κ3) is 5.26. The highest BCUT2D eigenvalue weighted by Gasteiger charge is 2.22. The van der Waals surface area contributed by atoms with E-state index in [4.69, 9.17) is 22.7 Å². The lowest BCUT2D eigenvalue weighted by Crippen LogP contribution is -2.48. The molecule has 4 nitrogen and oxygen atoms in total. The van der Waals surface area contributed by atoms with Gasteiger partial charge >= 0.3 is 0 Å². The SMILES string of the molecule is CCN1CCOC(CN(CCC(N)=S)c2ccccc2)C1. The number of rotatable bonds is 7. The van der Waals surface area contributed by atoms with Crippen molar-refractivity contribution < 1.29 is 4.74 Å². The van der Waals surface area contributed by atoms with Crippen LogP contribution >= 0.6 is 12.2 Å². The summed E-state index contributed by atoms with van der Waals surface area (Å²) in [7, 11) is 0. The summed E-state index contributed by atoms with van der Waals surface area (Å²) >= 11 is 5.02. The molecule has 1 fully saturated rings. The van der Waals surface area contributed by atoms with E-state index in [-0.39, 0.29) is 6.10 Å². The third-order valence-electron chi connectivity index (χ3n) is 3.84. The molecule has 1 aliphatic rings. The lowest BCUT2D eigenvalue weighted by molar-refractivity contribution is -0.0220. The molecule has 2 rings (SSSR count). The van der Waals surface area contributed by atoms with E-state index < -0.39 is 0 Å². The summed E-state index contributed by atoms with van der Waals surface area (Å²) in [6, 6.07) is 10.4. The quantitative estimate of drug-likeness (QED) is 0.779. The van der Waals surface area contributed by atoms with Crippen LogP contribution in [-0.4, -0.2) is 55.3 Å². The maximum atomic E-state index is 5.92. The summed E-state index contributed by atoms with van der Waals surface area (Å²) in [5.41, 5.74) is 6.86. The van der Waals surface area contributed by atoms with E-state index in [2.05, 4.69) is 41.0 Å². The first-order chi connectivity index (χ1) is 10.2. The number of hydrogen-bond acceptors (Lipinski definition) is 4. The molecule has 0 saturated carbocycles. The first-order valence-electron chi connectivity index (χ1n) is 7.61. The van der Waals surface area contributed by atoms with Gasteiger partial charge in [-0.15, -0.1) is 0 Å². The van der Waals surface area contributed by atoms with E-state index in [1.54, 1.807) is 0 Å². The zero-order chi connectivity index (χ0) is 15.1. The van der Waals surface area contributed by atoms with Crippen LogP contribution in [0.25, 0.3) is 0 Å². The molecule has 1 unspecified atom stereocenters. The number of hydrogen-bond donors (Lipinski definition) is 1. The summed E-state index contributed by atoms with van der Waals surface area (Å²) in [6.45, 7) is 7.84. The minimum atomic E-state index is 0.241. The second kappa shape index (κ2) is 8.32. The fourth-order valence-corrected chi connectivity index (χ4v) is 2.72. The molecule has 5 heteroatoms. The van der Waals surface area contributed by atoms with Crippen LogP contribution in [-0.2, 0) is 4.74 Å². The zero-order valence-electron chi connectivity index (χ0n) is 12.7. The Labute approximate surface area is 132 Å². The third-order valence-corrected chi connectivity index (χ3v) is 4.05. The molecule has 2 N–H and O–H groups in total. The summed E-state index contributed by atoms with van der Waals surface area (Å²) in [5.74, 6) is 0. The highest BCUT2D eigenvalue weighted by molar-refractivity contribution is 7.80. The lowest BCUT2D eigenvalue weighted by Gasteiger charge is -2.36. The number of nitrogens with two attached hydrogens (primary N) is 1. The van der Waals surface area contributed by atoms with E-state index in [1.165, 1.54) is 5.69 Å². The minimum Gasteiger partial charge on any atom is -0.393 e. The van der Waals surface area contributed by atoms with Gasteiger partial charge in [0.05, 0.1) is 17.7 Å². The number of thiocarbonyl (C=S) groups is 1. The van der Waals surface area contributed by atoms with Crippen molar-refractivity contribution in [1.29, 1.82) is 0 Å². The van der Waals surface area contributed by atoms with Crippen LogP contribution in [0.5, 0.6) is 0 Å². The van der Waals surface area contributed by atoms with Crippen LogP contribution in [0.4, 0.5) is 5.69 Å². The molecule has 1 heterocycles. The highest BCUT2D eigenvalue weighted by atomic mass is 32.1. The molecular weight excluding hydrogens is 282 g/mol. The highest BCUT2D eigenvalue weighted by Crippen LogP contribution is 2.16. The van der Waals surface area contributed by atoms with E-state index >= 15 is 0 Å². The van der Waals surface area contributed by atoms with Gasteiger partial charge in [-0.05, 0) is 18.7 Å². The number of likely N-dealkylation sites (N-methyl/N-ethyl adjacent to an activating group) is 1. The van der Waals surface area contributed by atoms with Crippen molar-refractivity contribution >= 4 is 22.9 Å². The summed E-state index contributed by atoms with van der Waals surface area (Å²) in [5, 5.41) is 0. The first kappa shape index (κ1) is 16.2. The van der Waals surface area contributed by atoms with Crippen molar-refractivity contribution in [2.24, 2.45) is 5.73 Å². The standard InChI is InChI=1S/C16H25N3OS/c1-2-18-10-11-20-15(12-18)13-19(9-8-16(17)21)14-6-4-3-5-7-14/h3-7,15H,2,8-13H2,1H3,(H2,17,21). The van der Waals surface area contributed by atoms with E-state index in [1.807, 2.05) is 6.07 Å². The fraction of sp³-hybridized carbons (Fsp3) is 0.562. The second-order valence-corrected chi connectivity index (χ2v) is 5.91. The summed E-state index contributed by atoms with van der Waals surface area (Å²) < 4.78 is 5.92. The monoisotopic (exact) mass is 307 g/mol. The molecule has 0 radical (unpaired) electrons. The van der Waals surface area contributed by atoms with Crippen LogP contribution in [0.3, 0.4) is 0 Å². The van der Waals surface area contributed by atoms with Gasteiger partial charge in [0.25, 0.3) is 0 Å². The Bertz CT molecular complexity index is 440. The topological polar surface area (TPSA) is 41.7 Å². The van der Waals surface area contributed by atoms with Crippen LogP contribution in [0.15, 0.2) is 30.3 Å². The molecule has 0 bridgehead atoms. The molecule has 116 valence electrons. The molecule has 1 saturated heterocycles. The predicted octanol–water partition coefficient (Wildman–Crippen LogP) is 1.89. The van der Waals surface area contributed by atoms with E-state index in [0.29, 0.717) is 4.99 Å². The number of morpholine rings is 1. The normalized spacial score (nSPS) is 19.4. The van der Waals surface area contributed by atoms with E-state index in [9.17, 15) is 0 Å². The van der Waals surface area contributed by atoms with Crippen molar-refractivity contribution in [3.8, 4) is 0 Å². The number of anilines is 1. The second-order valence-electron chi connectivity index (χ2n) is 5.38. The predicted molar refractivity (Wildman–Crippen MR) is 91.9 cm³/mol. The molecule has 0 spiro atoms. The molecule has 0 amide bonds. The molecule has 0 aliphatic carbocycles. The number of para-hydroxylation sites is 1. The van der Waals surface area contributed by atoms with Gasteiger partial charge in [0.15, 0.2) is 0 Å². The van der Waals surface area contributed by atoms with Gasteiger partial charge in [-0.3, -0.25) is 4.90 Å². The van der Waals surface area contributed by atoms with Crippen molar-refractivity contribution in [2.75, 3.05) is 44.2 Å². The van der Waals surface area contributed by atoms with Crippen LogP contribution in [0.2, 0.25) is 0 Å². The Morgan fingerprint density at radius 2 is 2.19 bits per heavy atom. The molecule has 1 aliphatic heterocycles. The van der Waals surface area contributed by atoms with Gasteiger partial charge < -0.3 is 15.4 Å². The Morgan fingerprint density at radius 1 is 1.43 bits per heavy atom. The van der Waals surface area contributed by atoms with Gasteiger partial charge in [0, 0.05) is 38.3 Å². The van der Waals surface area contributed by atoms with Gasteiger partial charge in [-0.25, -0.2) is 0 Å². The van der Waals surface area contributed by atoms with Gasteiger partial charge in [0.1, 0.15) is 0 Å². The molecular formula is C16H25N3OS. The molecule has 1 aromatic rings. The molecule has 1 atom stereocenters. The number of nitrogens with zero attached hydrogens (tertiary/aromatic N) is 2. The lowest BCUT2D eigenvalue weighted by atomic mass is 10.2. The average Bonchev–Trinajstić information content (AvgIpc) is 2.52. The Morgan fingerprint density at radius 3 is 2.86 bits per heavy atom. The maximum Gasteiger partial charge on any atom is 0.0877 e. The maximum absolute atomic E-state index is 5.92. The Kier molecular flexibility index (Phi) is 6.42. The average molecular weight is 307 g/mol. The molecule has 0 aromatic heterocycles. The summed E-state index contributed by atoms with van der Waals surface area (Å²) in [6.07, 6.45) is 0.972. The Balaban J connectivity index is 1.99. The minimum absolute atomic E-state index is 0.241. The van der Waals surface area contributed by atoms with Gasteiger partial charge in [-0.2, -0.15) is 0 Å². The van der Waals surface area contributed by atoms with Crippen LogP contribution < -0.4 is 10.6 Å². The smallest absolute Gasteiger partial charge is 0.0877 e. The fourth-order valence-electron chi connectivity index (χ4n) is 2.63. The van der Waals surface area contributed by atoms with Gasteiger partial charge in [0.2, 0.25) is 0 Å². The van der Waals surface area contributed by atoms with Crippen molar-refractivity contribution in [3.63, 3.8) is 0 Å².